The summed E-state index contributed by atoms with van der Waals surface area (Å²) in [5.74, 6) is 0. The Morgan fingerprint density at radius 3 is 2.37 bits per heavy atom. The number of ether oxygens (including phenoxy) is 2. The maximum atomic E-state index is 6.19. The lowest BCUT2D eigenvalue weighted by Gasteiger charge is -2.22. The van der Waals surface area contributed by atoms with E-state index in [1.165, 1.54) is 0 Å². The Kier molecular flexibility index (Phi) is 4.62. The van der Waals surface area contributed by atoms with E-state index < -0.39 is 0 Å². The fourth-order valence-corrected chi connectivity index (χ4v) is 2.96. The van der Waals surface area contributed by atoms with Gasteiger partial charge in [0.15, 0.2) is 0 Å². The summed E-state index contributed by atoms with van der Waals surface area (Å²) < 4.78 is 10.9. The van der Waals surface area contributed by atoms with Crippen LogP contribution in [0.1, 0.15) is 5.56 Å². The number of methoxy groups -OCH3 is 2. The topological polar surface area (TPSA) is 47.7 Å². The molecule has 1 aromatic rings. The zero-order valence-corrected chi connectivity index (χ0v) is 12.5. The number of thiocarbonyl (C=S) groups is 1. The van der Waals surface area contributed by atoms with Crippen LogP contribution in [0.3, 0.4) is 0 Å². The first-order valence-electron chi connectivity index (χ1n) is 5.97. The van der Waals surface area contributed by atoms with E-state index in [-0.39, 0.29) is 12.2 Å². The van der Waals surface area contributed by atoms with E-state index in [0.29, 0.717) is 15.6 Å². The molecule has 104 valence electrons. The molecule has 1 heterocycles. The van der Waals surface area contributed by atoms with Gasteiger partial charge in [-0.05, 0) is 12.1 Å². The molecule has 6 heteroatoms. The second-order valence-electron chi connectivity index (χ2n) is 4.45. The van der Waals surface area contributed by atoms with Crippen LogP contribution in [-0.2, 0) is 9.47 Å². The average molecular weight is 301 g/mol. The van der Waals surface area contributed by atoms with Gasteiger partial charge < -0.3 is 20.1 Å². The van der Waals surface area contributed by atoms with Crippen LogP contribution in [-0.4, -0.2) is 44.5 Å². The number of hydrogen-bond donors (Lipinski definition) is 1. The third kappa shape index (κ3) is 2.84. The van der Waals surface area contributed by atoms with Crippen molar-refractivity contribution in [2.75, 3.05) is 32.2 Å². The summed E-state index contributed by atoms with van der Waals surface area (Å²) in [6, 6.07) is 5.64. The summed E-state index contributed by atoms with van der Waals surface area (Å²) in [5.41, 5.74) is 7.42. The predicted octanol–water partition coefficient (Wildman–Crippen LogP) is 1.82. The van der Waals surface area contributed by atoms with Gasteiger partial charge in [0, 0.05) is 33.0 Å². The molecule has 1 aliphatic rings. The number of hydrogen-bond acceptors (Lipinski definition) is 4. The summed E-state index contributed by atoms with van der Waals surface area (Å²) >= 11 is 11.3. The molecule has 0 radical (unpaired) electrons. The van der Waals surface area contributed by atoms with E-state index >= 15 is 0 Å². The molecule has 1 aromatic carbocycles. The molecule has 4 nitrogen and oxygen atoms in total. The number of benzene rings is 1. The highest BCUT2D eigenvalue weighted by Crippen LogP contribution is 2.31. The summed E-state index contributed by atoms with van der Waals surface area (Å²) in [6.07, 6.45) is 0.0614. The third-order valence-electron chi connectivity index (χ3n) is 3.40. The summed E-state index contributed by atoms with van der Waals surface area (Å²) in [7, 11) is 3.37. The molecule has 19 heavy (non-hydrogen) atoms. The largest absolute Gasteiger partial charge is 0.389 e. The molecule has 1 aliphatic heterocycles. The number of anilines is 1. The zero-order chi connectivity index (χ0) is 14.0. The molecule has 2 atom stereocenters. The van der Waals surface area contributed by atoms with E-state index in [9.17, 15) is 0 Å². The van der Waals surface area contributed by atoms with Gasteiger partial charge in [0.25, 0.3) is 0 Å². The van der Waals surface area contributed by atoms with Crippen molar-refractivity contribution in [2.24, 2.45) is 5.73 Å². The van der Waals surface area contributed by atoms with Gasteiger partial charge in [0.2, 0.25) is 0 Å². The summed E-state index contributed by atoms with van der Waals surface area (Å²) in [6.45, 7) is 1.45. The van der Waals surface area contributed by atoms with E-state index in [4.69, 9.17) is 39.0 Å². The van der Waals surface area contributed by atoms with Gasteiger partial charge in [0.05, 0.1) is 10.6 Å². The van der Waals surface area contributed by atoms with Crippen molar-refractivity contribution in [1.29, 1.82) is 0 Å². The van der Waals surface area contributed by atoms with Gasteiger partial charge in [0.1, 0.15) is 17.2 Å². The fourth-order valence-electron chi connectivity index (χ4n) is 2.41. The number of halogens is 1. The van der Waals surface area contributed by atoms with Crippen molar-refractivity contribution in [3.8, 4) is 0 Å². The van der Waals surface area contributed by atoms with Crippen LogP contribution in [0.4, 0.5) is 5.69 Å². The first-order chi connectivity index (χ1) is 9.08. The highest BCUT2D eigenvalue weighted by molar-refractivity contribution is 7.80. The molecular weight excluding hydrogens is 284 g/mol. The van der Waals surface area contributed by atoms with Crippen molar-refractivity contribution in [3.63, 3.8) is 0 Å². The van der Waals surface area contributed by atoms with Crippen LogP contribution < -0.4 is 10.6 Å². The first kappa shape index (κ1) is 14.5. The quantitative estimate of drug-likeness (QED) is 0.860. The van der Waals surface area contributed by atoms with Crippen LogP contribution in [0.25, 0.3) is 0 Å². The Hall–Kier alpha value is -0.880. The van der Waals surface area contributed by atoms with E-state index in [1.807, 2.05) is 12.1 Å². The number of nitrogens with zero attached hydrogens (tertiary/aromatic N) is 1. The van der Waals surface area contributed by atoms with Crippen LogP contribution in [0, 0.1) is 0 Å². The normalized spacial score (nSPS) is 22.8. The molecule has 2 rings (SSSR count). The third-order valence-corrected chi connectivity index (χ3v) is 3.92. The number of nitrogens with two attached hydrogens (primary N) is 1. The van der Waals surface area contributed by atoms with Crippen LogP contribution in [0.5, 0.6) is 0 Å². The standard InChI is InChI=1S/C13H17ClN2O2S/c1-17-10-6-16(7-11(10)18-2)9-5-3-4-8(14)12(9)13(15)19/h3-5,10-11H,6-7H2,1-2H3,(H2,15,19). The maximum Gasteiger partial charge on any atom is 0.107 e. The molecule has 0 amide bonds. The Labute approximate surface area is 123 Å². The van der Waals surface area contributed by atoms with Crippen molar-refractivity contribution in [2.45, 2.75) is 12.2 Å². The molecule has 0 aromatic heterocycles. The first-order valence-corrected chi connectivity index (χ1v) is 6.76. The SMILES string of the molecule is COC1CN(c2cccc(Cl)c2C(N)=S)CC1OC. The van der Waals surface area contributed by atoms with Crippen molar-refractivity contribution < 1.29 is 9.47 Å². The molecule has 1 saturated heterocycles. The van der Waals surface area contributed by atoms with E-state index in [0.717, 1.165) is 18.8 Å². The second-order valence-corrected chi connectivity index (χ2v) is 5.30. The highest BCUT2D eigenvalue weighted by atomic mass is 35.5. The average Bonchev–Trinajstić information content (AvgIpc) is 2.81. The molecule has 2 N–H and O–H groups in total. The zero-order valence-electron chi connectivity index (χ0n) is 10.9. The van der Waals surface area contributed by atoms with Crippen molar-refractivity contribution in [3.05, 3.63) is 28.8 Å². The molecule has 0 bridgehead atoms. The molecule has 1 fully saturated rings. The van der Waals surface area contributed by atoms with E-state index in [2.05, 4.69) is 4.90 Å². The second kappa shape index (κ2) is 6.05. The fraction of sp³-hybridized carbons (Fsp3) is 0.462. The van der Waals surface area contributed by atoms with Gasteiger partial charge in [-0.2, -0.15) is 0 Å². The Balaban J connectivity index is 2.33. The lowest BCUT2D eigenvalue weighted by atomic mass is 10.1. The van der Waals surface area contributed by atoms with Crippen LogP contribution in [0.2, 0.25) is 5.02 Å². The highest BCUT2D eigenvalue weighted by Gasteiger charge is 2.34. The van der Waals surface area contributed by atoms with E-state index in [1.54, 1.807) is 20.3 Å². The minimum atomic E-state index is 0.0307. The summed E-state index contributed by atoms with van der Waals surface area (Å²) in [4.78, 5) is 2.44. The van der Waals surface area contributed by atoms with Gasteiger partial charge in [-0.3, -0.25) is 0 Å². The molecule has 0 spiro atoms. The van der Waals surface area contributed by atoms with Crippen LogP contribution in [0.15, 0.2) is 18.2 Å². The van der Waals surface area contributed by atoms with Gasteiger partial charge >= 0.3 is 0 Å². The molecule has 0 aliphatic carbocycles. The molecule has 0 saturated carbocycles. The van der Waals surface area contributed by atoms with Gasteiger partial charge in [-0.15, -0.1) is 0 Å². The van der Waals surface area contributed by atoms with Crippen molar-refractivity contribution in [1.82, 2.24) is 0 Å². The maximum absolute atomic E-state index is 6.19. The Morgan fingerprint density at radius 2 is 1.89 bits per heavy atom. The predicted molar refractivity (Wildman–Crippen MR) is 81.1 cm³/mol. The molecule has 2 unspecified atom stereocenters. The lowest BCUT2D eigenvalue weighted by molar-refractivity contribution is -0.00461. The Morgan fingerprint density at radius 1 is 1.32 bits per heavy atom. The molecular formula is C13H17ClN2O2S. The minimum absolute atomic E-state index is 0.0307. The van der Waals surface area contributed by atoms with Gasteiger partial charge in [-0.1, -0.05) is 29.9 Å². The number of rotatable bonds is 4. The Bertz CT molecular complexity index is 472. The smallest absolute Gasteiger partial charge is 0.107 e. The van der Waals surface area contributed by atoms with Gasteiger partial charge in [-0.25, -0.2) is 0 Å². The summed E-state index contributed by atoms with van der Waals surface area (Å²) in [5, 5.41) is 0.569. The van der Waals surface area contributed by atoms with Crippen LogP contribution >= 0.6 is 23.8 Å². The lowest BCUT2D eigenvalue weighted by Crippen LogP contribution is -2.27. The minimum Gasteiger partial charge on any atom is -0.389 e. The van der Waals surface area contributed by atoms with Crippen molar-refractivity contribution >= 4 is 34.5 Å². The monoisotopic (exact) mass is 300 g/mol.